The average molecular weight is 288 g/mol. The third-order valence-corrected chi connectivity index (χ3v) is 3.95. The van der Waals surface area contributed by atoms with Gasteiger partial charge in [-0.05, 0) is 18.6 Å². The Bertz CT molecular complexity index is 644. The minimum absolute atomic E-state index is 0.649. The fourth-order valence-corrected chi connectivity index (χ4v) is 2.95. The third kappa shape index (κ3) is 2.61. The van der Waals surface area contributed by atoms with Gasteiger partial charge in [-0.2, -0.15) is 5.26 Å². The van der Waals surface area contributed by atoms with Crippen molar-refractivity contribution in [1.29, 1.82) is 5.26 Å². The molecule has 1 aromatic carbocycles. The van der Waals surface area contributed by atoms with Crippen LogP contribution in [0.5, 0.6) is 11.5 Å². The van der Waals surface area contributed by atoms with E-state index in [0.29, 0.717) is 16.4 Å². The maximum absolute atomic E-state index is 9.20. The number of aryl methyl sites for hydroxylation is 1. The summed E-state index contributed by atoms with van der Waals surface area (Å²) in [5.74, 6) is 1.31. The number of ether oxygens (including phenoxy) is 2. The van der Waals surface area contributed by atoms with E-state index in [1.54, 1.807) is 14.2 Å². The van der Waals surface area contributed by atoms with Crippen LogP contribution in [0.3, 0.4) is 0 Å². The van der Waals surface area contributed by atoms with Gasteiger partial charge in [0.15, 0.2) is 11.5 Å². The van der Waals surface area contributed by atoms with Crippen molar-refractivity contribution in [2.45, 2.75) is 19.8 Å². The summed E-state index contributed by atoms with van der Waals surface area (Å²) >= 11 is 1.39. The fourth-order valence-electron chi connectivity index (χ4n) is 2.02. The molecule has 4 nitrogen and oxygen atoms in total. The number of nitrogens with zero attached hydrogens (tertiary/aromatic N) is 2. The van der Waals surface area contributed by atoms with E-state index in [0.717, 1.165) is 29.1 Å². The largest absolute Gasteiger partial charge is 0.493 e. The molecular weight excluding hydrogens is 272 g/mol. The predicted molar refractivity (Wildman–Crippen MR) is 79.4 cm³/mol. The molecule has 0 saturated carbocycles. The minimum Gasteiger partial charge on any atom is -0.493 e. The highest BCUT2D eigenvalue weighted by molar-refractivity contribution is 7.15. The first-order valence-electron chi connectivity index (χ1n) is 6.36. The second-order valence-corrected chi connectivity index (χ2v) is 5.20. The van der Waals surface area contributed by atoms with Crippen molar-refractivity contribution in [3.63, 3.8) is 0 Å². The first-order chi connectivity index (χ1) is 9.74. The van der Waals surface area contributed by atoms with Gasteiger partial charge in [0.2, 0.25) is 0 Å². The lowest BCUT2D eigenvalue weighted by molar-refractivity contribution is 0.356. The Kier molecular flexibility index (Phi) is 4.59. The van der Waals surface area contributed by atoms with Crippen LogP contribution in [0.25, 0.3) is 10.6 Å². The molecule has 0 fully saturated rings. The Hall–Kier alpha value is -2.06. The van der Waals surface area contributed by atoms with Gasteiger partial charge in [-0.15, -0.1) is 11.3 Å². The zero-order chi connectivity index (χ0) is 14.5. The predicted octanol–water partition coefficient (Wildman–Crippen LogP) is 3.65. The molecular formula is C15H16N2O2S. The van der Waals surface area contributed by atoms with Gasteiger partial charge in [-0.25, -0.2) is 4.98 Å². The summed E-state index contributed by atoms with van der Waals surface area (Å²) in [4.78, 5) is 5.26. The van der Waals surface area contributed by atoms with Crippen molar-refractivity contribution < 1.29 is 9.47 Å². The van der Waals surface area contributed by atoms with Crippen LogP contribution in [0.1, 0.15) is 23.9 Å². The highest BCUT2D eigenvalue weighted by Gasteiger charge is 2.17. The van der Waals surface area contributed by atoms with E-state index >= 15 is 0 Å². The Morgan fingerprint density at radius 3 is 2.70 bits per heavy atom. The number of methoxy groups -OCH3 is 2. The van der Waals surface area contributed by atoms with Crippen LogP contribution in [-0.4, -0.2) is 19.2 Å². The van der Waals surface area contributed by atoms with Gasteiger partial charge in [0.25, 0.3) is 0 Å². The van der Waals surface area contributed by atoms with E-state index in [-0.39, 0.29) is 0 Å². The molecule has 0 aliphatic heterocycles. The molecule has 2 aromatic rings. The van der Waals surface area contributed by atoms with E-state index in [1.165, 1.54) is 11.3 Å². The standard InChI is InChI=1S/C15H16N2O2S/c1-4-6-11-13(9-16)20-15(17-11)10-7-5-8-12(18-2)14(10)19-3/h5,7-8H,4,6H2,1-3H3. The number of hydrogen-bond acceptors (Lipinski definition) is 5. The van der Waals surface area contributed by atoms with E-state index in [4.69, 9.17) is 9.47 Å². The number of nitriles is 1. The molecule has 1 heterocycles. The van der Waals surface area contributed by atoms with Crippen LogP contribution in [-0.2, 0) is 6.42 Å². The summed E-state index contributed by atoms with van der Waals surface area (Å²) < 4.78 is 10.7. The molecule has 5 heteroatoms. The van der Waals surface area contributed by atoms with Gasteiger partial charge in [0.05, 0.1) is 25.5 Å². The normalized spacial score (nSPS) is 10.1. The second-order valence-electron chi connectivity index (χ2n) is 4.20. The molecule has 104 valence electrons. The maximum Gasteiger partial charge on any atom is 0.170 e. The number of thiazole rings is 1. The van der Waals surface area contributed by atoms with Gasteiger partial charge in [-0.1, -0.05) is 19.4 Å². The molecule has 0 radical (unpaired) electrons. The molecule has 0 saturated heterocycles. The summed E-state index contributed by atoms with van der Waals surface area (Å²) in [5.41, 5.74) is 1.72. The number of aromatic nitrogens is 1. The lowest BCUT2D eigenvalue weighted by Gasteiger charge is -2.10. The Morgan fingerprint density at radius 1 is 1.30 bits per heavy atom. The monoisotopic (exact) mass is 288 g/mol. The van der Waals surface area contributed by atoms with Gasteiger partial charge < -0.3 is 9.47 Å². The molecule has 0 amide bonds. The van der Waals surface area contributed by atoms with Crippen LogP contribution >= 0.6 is 11.3 Å². The second kappa shape index (κ2) is 6.40. The Balaban J connectivity index is 2.54. The van der Waals surface area contributed by atoms with Crippen molar-refractivity contribution >= 4 is 11.3 Å². The number of benzene rings is 1. The summed E-state index contributed by atoms with van der Waals surface area (Å²) in [6, 6.07) is 7.88. The third-order valence-electron chi connectivity index (χ3n) is 2.92. The molecule has 1 aromatic heterocycles. The van der Waals surface area contributed by atoms with Gasteiger partial charge in [0, 0.05) is 0 Å². The van der Waals surface area contributed by atoms with Gasteiger partial charge in [-0.3, -0.25) is 0 Å². The molecule has 20 heavy (non-hydrogen) atoms. The number of rotatable bonds is 5. The minimum atomic E-state index is 0.649. The van der Waals surface area contributed by atoms with Crippen LogP contribution < -0.4 is 9.47 Å². The number of hydrogen-bond donors (Lipinski definition) is 0. The fraction of sp³-hybridized carbons (Fsp3) is 0.333. The summed E-state index contributed by atoms with van der Waals surface area (Å²) in [7, 11) is 3.21. The van der Waals surface area contributed by atoms with E-state index in [9.17, 15) is 5.26 Å². The summed E-state index contributed by atoms with van der Waals surface area (Å²) in [5, 5.41) is 9.99. The highest BCUT2D eigenvalue weighted by Crippen LogP contribution is 2.40. The van der Waals surface area contributed by atoms with Crippen molar-refractivity contribution in [2.24, 2.45) is 0 Å². The lowest BCUT2D eigenvalue weighted by atomic mass is 10.2. The average Bonchev–Trinajstić information content (AvgIpc) is 2.89. The van der Waals surface area contributed by atoms with Gasteiger partial charge >= 0.3 is 0 Å². The van der Waals surface area contributed by atoms with Crippen molar-refractivity contribution in [2.75, 3.05) is 14.2 Å². The zero-order valence-electron chi connectivity index (χ0n) is 11.8. The molecule has 0 bridgehead atoms. The summed E-state index contributed by atoms with van der Waals surface area (Å²) in [6.07, 6.45) is 1.78. The molecule has 0 unspecified atom stereocenters. The summed E-state index contributed by atoms with van der Waals surface area (Å²) in [6.45, 7) is 2.08. The van der Waals surface area contributed by atoms with E-state index < -0.39 is 0 Å². The Labute approximate surface area is 122 Å². The molecule has 0 aliphatic rings. The highest BCUT2D eigenvalue weighted by atomic mass is 32.1. The van der Waals surface area contributed by atoms with Crippen LogP contribution in [0.4, 0.5) is 0 Å². The topological polar surface area (TPSA) is 55.1 Å². The SMILES string of the molecule is CCCc1nc(-c2cccc(OC)c2OC)sc1C#N. The first kappa shape index (κ1) is 14.4. The Morgan fingerprint density at radius 2 is 2.10 bits per heavy atom. The van der Waals surface area contributed by atoms with E-state index in [2.05, 4.69) is 18.0 Å². The van der Waals surface area contributed by atoms with Crippen molar-refractivity contribution in [3.05, 3.63) is 28.8 Å². The molecule has 0 aliphatic carbocycles. The van der Waals surface area contributed by atoms with E-state index in [1.807, 2.05) is 18.2 Å². The quantitative estimate of drug-likeness (QED) is 0.842. The number of para-hydroxylation sites is 1. The molecule has 0 atom stereocenters. The molecule has 0 spiro atoms. The van der Waals surface area contributed by atoms with Crippen molar-refractivity contribution in [3.8, 4) is 28.1 Å². The molecule has 2 rings (SSSR count). The molecule has 0 N–H and O–H groups in total. The van der Waals surface area contributed by atoms with Crippen LogP contribution in [0.15, 0.2) is 18.2 Å². The first-order valence-corrected chi connectivity index (χ1v) is 7.17. The maximum atomic E-state index is 9.20. The van der Waals surface area contributed by atoms with Crippen LogP contribution in [0.2, 0.25) is 0 Å². The lowest BCUT2D eigenvalue weighted by Crippen LogP contribution is -1.93. The van der Waals surface area contributed by atoms with Gasteiger partial charge in [0.1, 0.15) is 16.0 Å². The smallest absolute Gasteiger partial charge is 0.170 e. The zero-order valence-corrected chi connectivity index (χ0v) is 12.6. The van der Waals surface area contributed by atoms with Crippen molar-refractivity contribution in [1.82, 2.24) is 4.98 Å². The van der Waals surface area contributed by atoms with Crippen LogP contribution in [0, 0.1) is 11.3 Å².